The van der Waals surface area contributed by atoms with E-state index >= 15 is 0 Å². The van der Waals surface area contributed by atoms with Gasteiger partial charge < -0.3 is 15.5 Å². The number of halogens is 3. The van der Waals surface area contributed by atoms with Crippen LogP contribution in [0.4, 0.5) is 13.2 Å². The fraction of sp³-hybridized carbons (Fsp3) is 0.733. The van der Waals surface area contributed by atoms with Crippen LogP contribution in [0.25, 0.3) is 0 Å². The lowest BCUT2D eigenvalue weighted by atomic mass is 10.4. The second-order valence-electron chi connectivity index (χ2n) is 5.70. The van der Waals surface area contributed by atoms with Gasteiger partial charge in [0.05, 0.1) is 5.01 Å². The van der Waals surface area contributed by atoms with Crippen LogP contribution in [-0.4, -0.2) is 55.6 Å². The normalized spacial score (nSPS) is 16.6. The van der Waals surface area contributed by atoms with Gasteiger partial charge in [-0.3, -0.25) is 4.99 Å². The minimum atomic E-state index is -4.37. The molecule has 5 nitrogen and oxygen atoms in total. The molecule has 1 fully saturated rings. The summed E-state index contributed by atoms with van der Waals surface area (Å²) in [6.45, 7) is 4.80. The van der Waals surface area contributed by atoms with E-state index in [-0.39, 0.29) is 0 Å². The zero-order valence-electron chi connectivity index (χ0n) is 13.8. The smallest absolute Gasteiger partial charge is 0.356 e. The van der Waals surface area contributed by atoms with Crippen LogP contribution >= 0.6 is 11.3 Å². The first kappa shape index (κ1) is 19.0. The summed E-state index contributed by atoms with van der Waals surface area (Å²) in [5.74, 6) is 0.670. The van der Waals surface area contributed by atoms with Crippen molar-refractivity contribution in [3.63, 3.8) is 0 Å². The van der Waals surface area contributed by atoms with Gasteiger partial charge in [0.25, 0.3) is 0 Å². The van der Waals surface area contributed by atoms with E-state index in [0.717, 1.165) is 36.2 Å². The van der Waals surface area contributed by atoms with Gasteiger partial charge in [0.1, 0.15) is 0 Å². The Balaban J connectivity index is 1.61. The number of guanidine groups is 1. The maximum Gasteiger partial charge on any atom is 0.434 e. The maximum atomic E-state index is 12.5. The summed E-state index contributed by atoms with van der Waals surface area (Å²) in [5.41, 5.74) is -0.813. The Morgan fingerprint density at radius 1 is 1.29 bits per heavy atom. The Labute approximate surface area is 144 Å². The van der Waals surface area contributed by atoms with Gasteiger partial charge in [0, 0.05) is 31.9 Å². The summed E-state index contributed by atoms with van der Waals surface area (Å²) < 4.78 is 37.5. The van der Waals surface area contributed by atoms with Crippen molar-refractivity contribution in [2.75, 3.05) is 39.8 Å². The number of nitrogens with one attached hydrogen (secondary N) is 2. The zero-order valence-corrected chi connectivity index (χ0v) is 14.6. The van der Waals surface area contributed by atoms with E-state index in [2.05, 4.69) is 25.5 Å². The Morgan fingerprint density at radius 3 is 2.62 bits per heavy atom. The minimum absolute atomic E-state index is 0.440. The second-order valence-corrected chi connectivity index (χ2v) is 6.64. The van der Waals surface area contributed by atoms with Crippen LogP contribution in [0.15, 0.2) is 10.4 Å². The number of rotatable bonds is 7. The van der Waals surface area contributed by atoms with E-state index in [0.29, 0.717) is 23.9 Å². The molecule has 0 amide bonds. The maximum absolute atomic E-state index is 12.5. The van der Waals surface area contributed by atoms with Crippen molar-refractivity contribution in [2.45, 2.75) is 31.9 Å². The summed E-state index contributed by atoms with van der Waals surface area (Å²) in [5, 5.41) is 7.86. The van der Waals surface area contributed by atoms with E-state index in [4.69, 9.17) is 0 Å². The molecule has 2 N–H and O–H groups in total. The molecule has 2 heterocycles. The molecule has 2 rings (SSSR count). The SMILES string of the molecule is CN=C(NCCCN1CCCC1)NCCc1nc(C(F)(F)F)cs1. The largest absolute Gasteiger partial charge is 0.434 e. The summed E-state index contributed by atoms with van der Waals surface area (Å²) in [6.07, 6.45) is -0.292. The number of aromatic nitrogens is 1. The molecule has 0 saturated carbocycles. The minimum Gasteiger partial charge on any atom is -0.356 e. The molecule has 0 aromatic carbocycles. The van der Waals surface area contributed by atoms with Gasteiger partial charge in [-0.2, -0.15) is 13.2 Å². The van der Waals surface area contributed by atoms with Crippen molar-refractivity contribution in [2.24, 2.45) is 4.99 Å². The number of aliphatic imine (C=N–C) groups is 1. The predicted molar refractivity (Wildman–Crippen MR) is 90.5 cm³/mol. The standard InChI is InChI=1S/C15H24F3N5S/c1-19-14(20-6-4-10-23-8-2-3-9-23)21-7-5-13-22-12(11-24-13)15(16,17)18/h11H,2-10H2,1H3,(H2,19,20,21). The van der Waals surface area contributed by atoms with Gasteiger partial charge in [-0.1, -0.05) is 0 Å². The highest BCUT2D eigenvalue weighted by Gasteiger charge is 2.33. The molecule has 0 bridgehead atoms. The number of hydrogen-bond acceptors (Lipinski definition) is 4. The fourth-order valence-corrected chi connectivity index (χ4v) is 3.39. The zero-order chi connectivity index (χ0) is 17.4. The first-order chi connectivity index (χ1) is 11.5. The van der Waals surface area contributed by atoms with Crippen molar-refractivity contribution < 1.29 is 13.2 Å². The van der Waals surface area contributed by atoms with E-state index in [1.54, 1.807) is 7.05 Å². The van der Waals surface area contributed by atoms with Crippen LogP contribution in [0.5, 0.6) is 0 Å². The van der Waals surface area contributed by atoms with Crippen LogP contribution < -0.4 is 10.6 Å². The molecule has 136 valence electrons. The quantitative estimate of drug-likeness (QED) is 0.444. The number of hydrogen-bond donors (Lipinski definition) is 2. The lowest BCUT2D eigenvalue weighted by Crippen LogP contribution is -2.39. The third-order valence-electron chi connectivity index (χ3n) is 3.84. The number of thiazole rings is 1. The molecule has 0 radical (unpaired) electrons. The molecule has 1 aromatic rings. The molecule has 1 aliphatic heterocycles. The molecule has 0 unspecified atom stereocenters. The van der Waals surface area contributed by atoms with E-state index in [1.165, 1.54) is 25.9 Å². The van der Waals surface area contributed by atoms with Crippen LogP contribution in [0.1, 0.15) is 30.0 Å². The summed E-state index contributed by atoms with van der Waals surface area (Å²) in [7, 11) is 1.68. The van der Waals surface area contributed by atoms with Crippen molar-refractivity contribution in [1.29, 1.82) is 0 Å². The third-order valence-corrected chi connectivity index (χ3v) is 4.75. The van der Waals surface area contributed by atoms with Crippen molar-refractivity contribution in [3.05, 3.63) is 16.1 Å². The number of alkyl halides is 3. The molecule has 1 aliphatic rings. The third kappa shape index (κ3) is 6.27. The van der Waals surface area contributed by atoms with Crippen LogP contribution in [0.2, 0.25) is 0 Å². The Hall–Kier alpha value is -1.35. The van der Waals surface area contributed by atoms with E-state index in [1.807, 2.05) is 0 Å². The molecule has 1 saturated heterocycles. The second kappa shape index (κ2) is 9.22. The summed E-state index contributed by atoms with van der Waals surface area (Å²) in [4.78, 5) is 10.2. The molecular weight excluding hydrogens is 339 g/mol. The Morgan fingerprint density at radius 2 is 2.00 bits per heavy atom. The van der Waals surface area contributed by atoms with Gasteiger partial charge in [-0.25, -0.2) is 4.98 Å². The highest BCUT2D eigenvalue weighted by Crippen LogP contribution is 2.29. The average molecular weight is 363 g/mol. The molecule has 0 aliphatic carbocycles. The monoisotopic (exact) mass is 363 g/mol. The lowest BCUT2D eigenvalue weighted by Gasteiger charge is -2.15. The van der Waals surface area contributed by atoms with Crippen LogP contribution in [0, 0.1) is 0 Å². The Kier molecular flexibility index (Phi) is 7.29. The lowest BCUT2D eigenvalue weighted by molar-refractivity contribution is -0.140. The van der Waals surface area contributed by atoms with Crippen molar-refractivity contribution in [3.8, 4) is 0 Å². The molecule has 1 aromatic heterocycles. The number of nitrogens with zero attached hydrogens (tertiary/aromatic N) is 3. The highest BCUT2D eigenvalue weighted by atomic mass is 32.1. The first-order valence-corrected chi connectivity index (χ1v) is 9.05. The molecule has 24 heavy (non-hydrogen) atoms. The Bertz CT molecular complexity index is 523. The first-order valence-electron chi connectivity index (χ1n) is 8.17. The molecule has 9 heteroatoms. The fourth-order valence-electron chi connectivity index (χ4n) is 2.58. The molecular formula is C15H24F3N5S. The van der Waals surface area contributed by atoms with Gasteiger partial charge in [0.2, 0.25) is 0 Å². The topological polar surface area (TPSA) is 52.6 Å². The molecule has 0 atom stereocenters. The summed E-state index contributed by atoms with van der Waals surface area (Å²) >= 11 is 1.03. The van der Waals surface area contributed by atoms with Gasteiger partial charge in [-0.15, -0.1) is 11.3 Å². The van der Waals surface area contributed by atoms with Gasteiger partial charge in [0.15, 0.2) is 11.7 Å². The van der Waals surface area contributed by atoms with E-state index < -0.39 is 11.9 Å². The summed E-state index contributed by atoms with van der Waals surface area (Å²) in [6, 6.07) is 0. The van der Waals surface area contributed by atoms with Crippen LogP contribution in [-0.2, 0) is 12.6 Å². The van der Waals surface area contributed by atoms with Crippen molar-refractivity contribution >= 4 is 17.3 Å². The van der Waals surface area contributed by atoms with Crippen LogP contribution in [0.3, 0.4) is 0 Å². The molecule has 0 spiro atoms. The van der Waals surface area contributed by atoms with Crippen molar-refractivity contribution in [1.82, 2.24) is 20.5 Å². The number of likely N-dealkylation sites (tertiary alicyclic amines) is 1. The predicted octanol–water partition coefficient (Wildman–Crippen LogP) is 2.36. The van der Waals surface area contributed by atoms with E-state index in [9.17, 15) is 13.2 Å². The highest BCUT2D eigenvalue weighted by molar-refractivity contribution is 7.09. The average Bonchev–Trinajstić information content (AvgIpc) is 3.20. The van der Waals surface area contributed by atoms with Gasteiger partial charge >= 0.3 is 6.18 Å². The van der Waals surface area contributed by atoms with Gasteiger partial charge in [-0.05, 0) is 38.9 Å².